The van der Waals surface area contributed by atoms with E-state index in [0.717, 1.165) is 11.3 Å². The molecule has 1 aliphatic rings. The van der Waals surface area contributed by atoms with Crippen molar-refractivity contribution in [3.05, 3.63) is 47.7 Å². The van der Waals surface area contributed by atoms with E-state index in [9.17, 15) is 4.79 Å². The molecule has 4 nitrogen and oxygen atoms in total. The molecule has 0 spiro atoms. The molecule has 0 bridgehead atoms. The van der Waals surface area contributed by atoms with Crippen LogP contribution < -0.4 is 4.90 Å². The molecule has 4 heteroatoms. The summed E-state index contributed by atoms with van der Waals surface area (Å²) in [6.07, 6.45) is 6.55. The van der Waals surface area contributed by atoms with E-state index in [0.29, 0.717) is 5.57 Å². The van der Waals surface area contributed by atoms with Crippen LogP contribution in [0.4, 0.5) is 5.69 Å². The fraction of sp³-hybridized carbons (Fsp3) is 0.200. The molecule has 1 heterocycles. The van der Waals surface area contributed by atoms with Crippen molar-refractivity contribution in [2.45, 2.75) is 0 Å². The van der Waals surface area contributed by atoms with E-state index in [-0.39, 0.29) is 0 Å². The molecule has 98 valence electrons. The lowest BCUT2D eigenvalue weighted by molar-refractivity contribution is -0.138. The number of anilines is 1. The predicted octanol–water partition coefficient (Wildman–Crippen LogP) is 2.43. The number of aliphatic imine (C=N–C) groups is 1. The monoisotopic (exact) mass is 256 g/mol. The van der Waals surface area contributed by atoms with Crippen LogP contribution in [-0.4, -0.2) is 31.4 Å². The smallest absolute Gasteiger partial charge is 0.314 e. The summed E-state index contributed by atoms with van der Waals surface area (Å²) in [5, 5.41) is 9.14. The van der Waals surface area contributed by atoms with Crippen LogP contribution in [0.2, 0.25) is 0 Å². The van der Waals surface area contributed by atoms with E-state index >= 15 is 0 Å². The Morgan fingerprint density at radius 2 is 2.00 bits per heavy atom. The maximum absolute atomic E-state index is 11.1. The number of benzene rings is 1. The summed E-state index contributed by atoms with van der Waals surface area (Å²) in [6, 6.07) is 7.93. The number of carboxylic acid groups (broad SMARTS) is 1. The van der Waals surface area contributed by atoms with Gasteiger partial charge < -0.3 is 10.0 Å². The minimum atomic E-state index is -0.862. The molecule has 0 aromatic heterocycles. The van der Waals surface area contributed by atoms with Gasteiger partial charge in [-0.2, -0.15) is 0 Å². The van der Waals surface area contributed by atoms with Crippen LogP contribution >= 0.6 is 0 Å². The summed E-state index contributed by atoms with van der Waals surface area (Å²) in [6.45, 7) is 0. The molecule has 2 rings (SSSR count). The molecular weight excluding hydrogens is 240 g/mol. The van der Waals surface area contributed by atoms with Gasteiger partial charge in [-0.25, -0.2) is 0 Å². The Morgan fingerprint density at radius 1 is 1.32 bits per heavy atom. The molecule has 0 saturated carbocycles. The van der Waals surface area contributed by atoms with E-state index in [1.54, 1.807) is 12.3 Å². The molecule has 0 aliphatic carbocycles. The van der Waals surface area contributed by atoms with Crippen LogP contribution in [0.1, 0.15) is 5.56 Å². The van der Waals surface area contributed by atoms with Crippen molar-refractivity contribution >= 4 is 23.9 Å². The van der Waals surface area contributed by atoms with Crippen LogP contribution in [0.25, 0.3) is 6.08 Å². The zero-order chi connectivity index (χ0) is 13.8. The first kappa shape index (κ1) is 13.1. The lowest BCUT2D eigenvalue weighted by Crippen LogP contribution is -2.16. The van der Waals surface area contributed by atoms with Gasteiger partial charge in [-0.15, -0.1) is 0 Å². The highest BCUT2D eigenvalue weighted by Gasteiger charge is 2.19. The number of nitrogens with zero attached hydrogens (tertiary/aromatic N) is 2. The van der Waals surface area contributed by atoms with Crippen LogP contribution in [0.5, 0.6) is 0 Å². The quantitative estimate of drug-likeness (QED) is 0.903. The van der Waals surface area contributed by atoms with Gasteiger partial charge >= 0.3 is 5.97 Å². The van der Waals surface area contributed by atoms with E-state index in [1.165, 1.54) is 6.20 Å². The number of hydrogen-bond donors (Lipinski definition) is 1. The summed E-state index contributed by atoms with van der Waals surface area (Å²) >= 11 is 0. The highest BCUT2D eigenvalue weighted by Crippen LogP contribution is 2.20. The first-order chi connectivity index (χ1) is 9.08. The lowest BCUT2D eigenvalue weighted by atomic mass is 9.96. The molecule has 1 unspecified atom stereocenters. The molecule has 1 aliphatic heterocycles. The Bertz CT molecular complexity index is 554. The predicted molar refractivity (Wildman–Crippen MR) is 77.5 cm³/mol. The van der Waals surface area contributed by atoms with Gasteiger partial charge in [-0.3, -0.25) is 9.79 Å². The van der Waals surface area contributed by atoms with Gasteiger partial charge in [0.25, 0.3) is 0 Å². The number of rotatable bonds is 3. The van der Waals surface area contributed by atoms with Crippen molar-refractivity contribution in [1.82, 2.24) is 0 Å². The molecule has 0 fully saturated rings. The topological polar surface area (TPSA) is 52.9 Å². The van der Waals surface area contributed by atoms with E-state index in [1.807, 2.05) is 49.3 Å². The minimum Gasteiger partial charge on any atom is -0.481 e. The van der Waals surface area contributed by atoms with Gasteiger partial charge in [0.15, 0.2) is 0 Å². The lowest BCUT2D eigenvalue weighted by Gasteiger charge is -2.13. The highest BCUT2D eigenvalue weighted by molar-refractivity contribution is 5.95. The second kappa shape index (κ2) is 5.52. The Morgan fingerprint density at radius 3 is 2.58 bits per heavy atom. The summed E-state index contributed by atoms with van der Waals surface area (Å²) < 4.78 is 0. The third kappa shape index (κ3) is 3.10. The Labute approximate surface area is 112 Å². The van der Waals surface area contributed by atoms with Gasteiger partial charge in [-0.1, -0.05) is 12.1 Å². The molecule has 0 amide bonds. The van der Waals surface area contributed by atoms with E-state index in [4.69, 9.17) is 5.11 Å². The average molecular weight is 256 g/mol. The maximum Gasteiger partial charge on any atom is 0.314 e. The van der Waals surface area contributed by atoms with E-state index in [2.05, 4.69) is 4.99 Å². The SMILES string of the molecule is CN(C)c1ccc(C=C2C=NC=CC2C(=O)O)cc1. The Hall–Kier alpha value is -2.36. The summed E-state index contributed by atoms with van der Waals surface area (Å²) in [5.41, 5.74) is 2.76. The van der Waals surface area contributed by atoms with Gasteiger partial charge in [0.2, 0.25) is 0 Å². The van der Waals surface area contributed by atoms with Crippen molar-refractivity contribution < 1.29 is 9.90 Å². The van der Waals surface area contributed by atoms with Crippen LogP contribution in [0.15, 0.2) is 47.1 Å². The van der Waals surface area contributed by atoms with Crippen molar-refractivity contribution in [1.29, 1.82) is 0 Å². The highest BCUT2D eigenvalue weighted by atomic mass is 16.4. The molecule has 0 saturated heterocycles. The first-order valence-electron chi connectivity index (χ1n) is 5.99. The number of carbonyl (C=O) groups is 1. The Kier molecular flexibility index (Phi) is 3.80. The summed E-state index contributed by atoms with van der Waals surface area (Å²) in [5.74, 6) is -1.48. The van der Waals surface area contributed by atoms with Gasteiger partial charge in [-0.05, 0) is 35.4 Å². The standard InChI is InChI=1S/C15H16N2O2/c1-17(2)13-5-3-11(4-6-13)9-12-10-16-8-7-14(12)15(18)19/h3-10,14H,1-2H3,(H,18,19). The zero-order valence-corrected chi connectivity index (χ0v) is 10.9. The van der Waals surface area contributed by atoms with Crippen LogP contribution in [0.3, 0.4) is 0 Å². The fourth-order valence-electron chi connectivity index (χ4n) is 1.87. The maximum atomic E-state index is 11.1. The third-order valence-electron chi connectivity index (χ3n) is 2.96. The van der Waals surface area contributed by atoms with Crippen molar-refractivity contribution in [2.75, 3.05) is 19.0 Å². The molecule has 1 aromatic rings. The molecule has 0 radical (unpaired) electrons. The largest absolute Gasteiger partial charge is 0.481 e. The first-order valence-corrected chi connectivity index (χ1v) is 5.99. The molecule has 19 heavy (non-hydrogen) atoms. The second-order valence-corrected chi connectivity index (χ2v) is 4.57. The third-order valence-corrected chi connectivity index (χ3v) is 2.96. The summed E-state index contributed by atoms with van der Waals surface area (Å²) in [7, 11) is 3.96. The van der Waals surface area contributed by atoms with Gasteiger partial charge in [0.05, 0.1) is 0 Å². The fourth-order valence-corrected chi connectivity index (χ4v) is 1.87. The molecule has 1 N–H and O–H groups in total. The number of aliphatic carboxylic acids is 1. The zero-order valence-electron chi connectivity index (χ0n) is 10.9. The van der Waals surface area contributed by atoms with Crippen molar-refractivity contribution in [2.24, 2.45) is 10.9 Å². The van der Waals surface area contributed by atoms with Gasteiger partial charge in [0, 0.05) is 32.2 Å². The Balaban J connectivity index is 2.27. The van der Waals surface area contributed by atoms with Crippen molar-refractivity contribution in [3.63, 3.8) is 0 Å². The second-order valence-electron chi connectivity index (χ2n) is 4.57. The number of hydrogen-bond acceptors (Lipinski definition) is 3. The normalized spacial score (nSPS) is 19.7. The molecule has 1 atom stereocenters. The number of carboxylic acids is 1. The van der Waals surface area contributed by atoms with E-state index < -0.39 is 11.9 Å². The van der Waals surface area contributed by atoms with Crippen LogP contribution in [-0.2, 0) is 4.79 Å². The average Bonchev–Trinajstić information content (AvgIpc) is 2.39. The minimum absolute atomic E-state index is 0.619. The van der Waals surface area contributed by atoms with Crippen LogP contribution in [0, 0.1) is 5.92 Å². The van der Waals surface area contributed by atoms with Gasteiger partial charge in [0.1, 0.15) is 5.92 Å². The molecular formula is C15H16N2O2. The molecule has 1 aromatic carbocycles. The summed E-state index contributed by atoms with van der Waals surface area (Å²) in [4.78, 5) is 17.1. The van der Waals surface area contributed by atoms with Crippen molar-refractivity contribution in [3.8, 4) is 0 Å².